The van der Waals surface area contributed by atoms with Crippen LogP contribution in [0.4, 0.5) is 17.6 Å². The van der Waals surface area contributed by atoms with Gasteiger partial charge in [-0.3, -0.25) is 0 Å². The minimum atomic E-state index is -4.75. The molecule has 0 aromatic heterocycles. The number of hydrogen-bond donors (Lipinski definition) is 1. The van der Waals surface area contributed by atoms with Gasteiger partial charge in [0.05, 0.1) is 5.56 Å². The van der Waals surface area contributed by atoms with Crippen LogP contribution in [0.25, 0.3) is 11.1 Å². The van der Waals surface area contributed by atoms with Crippen LogP contribution in [0.1, 0.15) is 11.1 Å². The molecule has 0 radical (unpaired) electrons. The van der Waals surface area contributed by atoms with E-state index in [1.165, 1.54) is 12.1 Å². The van der Waals surface area contributed by atoms with E-state index in [1.807, 2.05) is 0 Å². The van der Waals surface area contributed by atoms with Gasteiger partial charge in [-0.25, -0.2) is 4.39 Å². The number of alkyl halides is 3. The maximum atomic E-state index is 13.3. The lowest BCUT2D eigenvalue weighted by atomic mass is 9.97. The maximum absolute atomic E-state index is 13.3. The molecule has 0 saturated heterocycles. The van der Waals surface area contributed by atoms with Crippen molar-refractivity contribution in [2.75, 3.05) is 0 Å². The Labute approximate surface area is 118 Å². The molecular formula is C14H10ClF4N. The fourth-order valence-corrected chi connectivity index (χ4v) is 2.08. The third-order valence-electron chi connectivity index (χ3n) is 2.87. The molecular weight excluding hydrogens is 294 g/mol. The highest BCUT2D eigenvalue weighted by atomic mass is 35.5. The summed E-state index contributed by atoms with van der Waals surface area (Å²) in [6.07, 6.45) is -4.75. The monoisotopic (exact) mass is 303 g/mol. The fourth-order valence-electron chi connectivity index (χ4n) is 1.91. The van der Waals surface area contributed by atoms with Crippen molar-refractivity contribution in [2.45, 2.75) is 12.7 Å². The van der Waals surface area contributed by atoms with E-state index in [9.17, 15) is 17.6 Å². The van der Waals surface area contributed by atoms with Gasteiger partial charge in [0.2, 0.25) is 0 Å². The molecule has 6 heteroatoms. The van der Waals surface area contributed by atoms with Crippen LogP contribution in [0.5, 0.6) is 0 Å². The van der Waals surface area contributed by atoms with Crippen molar-refractivity contribution in [1.82, 2.24) is 0 Å². The summed E-state index contributed by atoms with van der Waals surface area (Å²) in [4.78, 5) is 0. The average molecular weight is 304 g/mol. The van der Waals surface area contributed by atoms with Crippen molar-refractivity contribution < 1.29 is 17.6 Å². The normalized spacial score (nSPS) is 11.7. The van der Waals surface area contributed by atoms with Crippen LogP contribution in [0.3, 0.4) is 0 Å². The van der Waals surface area contributed by atoms with Crippen LogP contribution < -0.4 is 5.73 Å². The molecule has 0 aliphatic carbocycles. The third kappa shape index (κ3) is 2.94. The lowest BCUT2D eigenvalue weighted by molar-refractivity contribution is -0.139. The first kappa shape index (κ1) is 14.8. The minimum Gasteiger partial charge on any atom is -0.326 e. The predicted octanol–water partition coefficient (Wildman–Crippen LogP) is 4.62. The first-order chi connectivity index (χ1) is 9.32. The maximum Gasteiger partial charge on any atom is 0.419 e. The topological polar surface area (TPSA) is 26.0 Å². The first-order valence-electron chi connectivity index (χ1n) is 5.68. The third-order valence-corrected chi connectivity index (χ3v) is 3.11. The molecule has 0 saturated carbocycles. The molecule has 2 aromatic rings. The van der Waals surface area contributed by atoms with Gasteiger partial charge in [0, 0.05) is 11.6 Å². The van der Waals surface area contributed by atoms with Crippen LogP contribution >= 0.6 is 11.6 Å². The summed E-state index contributed by atoms with van der Waals surface area (Å²) < 4.78 is 51.4. The van der Waals surface area contributed by atoms with Crippen molar-refractivity contribution in [3.05, 3.63) is 58.4 Å². The van der Waals surface area contributed by atoms with Crippen LogP contribution in [0, 0.1) is 5.82 Å². The molecule has 0 aliphatic heterocycles. The second-order valence-electron chi connectivity index (χ2n) is 4.20. The van der Waals surface area contributed by atoms with Crippen LogP contribution in [-0.4, -0.2) is 0 Å². The van der Waals surface area contributed by atoms with Crippen molar-refractivity contribution in [3.63, 3.8) is 0 Å². The van der Waals surface area contributed by atoms with Crippen molar-refractivity contribution in [3.8, 4) is 11.1 Å². The largest absolute Gasteiger partial charge is 0.419 e. The quantitative estimate of drug-likeness (QED) is 0.805. The number of hydrogen-bond acceptors (Lipinski definition) is 1. The van der Waals surface area contributed by atoms with Gasteiger partial charge in [0.25, 0.3) is 0 Å². The Morgan fingerprint density at radius 3 is 2.35 bits per heavy atom. The summed E-state index contributed by atoms with van der Waals surface area (Å²) in [5, 5.41) is 0.370. The molecule has 0 unspecified atom stereocenters. The molecule has 2 aromatic carbocycles. The molecule has 0 aliphatic rings. The van der Waals surface area contributed by atoms with Crippen molar-refractivity contribution in [2.24, 2.45) is 5.73 Å². The SMILES string of the molecule is NCc1ccc(Cl)cc1-c1ccc(F)c(C(F)(F)F)c1. The Hall–Kier alpha value is -1.59. The predicted molar refractivity (Wildman–Crippen MR) is 69.7 cm³/mol. The summed E-state index contributed by atoms with van der Waals surface area (Å²) in [6, 6.07) is 7.57. The second kappa shape index (κ2) is 5.42. The summed E-state index contributed by atoms with van der Waals surface area (Å²) in [6.45, 7) is 0.144. The summed E-state index contributed by atoms with van der Waals surface area (Å²) in [5.41, 5.74) is 5.57. The summed E-state index contributed by atoms with van der Waals surface area (Å²) in [7, 11) is 0. The first-order valence-corrected chi connectivity index (χ1v) is 6.06. The van der Waals surface area contributed by atoms with Crippen LogP contribution in [0.2, 0.25) is 5.02 Å². The molecule has 1 nitrogen and oxygen atoms in total. The van der Waals surface area contributed by atoms with Gasteiger partial charge in [-0.15, -0.1) is 0 Å². The fraction of sp³-hybridized carbons (Fsp3) is 0.143. The van der Waals surface area contributed by atoms with Gasteiger partial charge in [-0.2, -0.15) is 13.2 Å². The molecule has 0 atom stereocenters. The number of halogens is 5. The summed E-state index contributed by atoms with van der Waals surface area (Å²) in [5.74, 6) is -1.31. The standard InChI is InChI=1S/C14H10ClF4N/c15-10-3-1-9(7-20)11(6-10)8-2-4-13(16)12(5-8)14(17,18)19/h1-6H,7,20H2. The van der Waals surface area contributed by atoms with E-state index in [-0.39, 0.29) is 12.1 Å². The Kier molecular flexibility index (Phi) is 4.01. The van der Waals surface area contributed by atoms with Gasteiger partial charge in [0.1, 0.15) is 5.82 Å². The van der Waals surface area contributed by atoms with Crippen molar-refractivity contribution >= 4 is 11.6 Å². The molecule has 0 amide bonds. The lowest BCUT2D eigenvalue weighted by Gasteiger charge is -2.13. The number of rotatable bonds is 2. The second-order valence-corrected chi connectivity index (χ2v) is 4.63. The molecule has 0 fully saturated rings. The van der Waals surface area contributed by atoms with Gasteiger partial charge in [-0.05, 0) is 41.0 Å². The van der Waals surface area contributed by atoms with Gasteiger partial charge in [-0.1, -0.05) is 23.7 Å². The number of benzene rings is 2. The lowest BCUT2D eigenvalue weighted by Crippen LogP contribution is -2.08. The average Bonchev–Trinajstić information content (AvgIpc) is 2.38. The van der Waals surface area contributed by atoms with E-state index in [0.29, 0.717) is 16.1 Å². The van der Waals surface area contributed by atoms with Crippen molar-refractivity contribution in [1.29, 1.82) is 0 Å². The highest BCUT2D eigenvalue weighted by molar-refractivity contribution is 6.30. The molecule has 0 spiro atoms. The summed E-state index contributed by atoms with van der Waals surface area (Å²) >= 11 is 5.85. The zero-order valence-electron chi connectivity index (χ0n) is 10.1. The Morgan fingerprint density at radius 2 is 1.75 bits per heavy atom. The zero-order valence-corrected chi connectivity index (χ0v) is 10.9. The highest BCUT2D eigenvalue weighted by Crippen LogP contribution is 2.35. The number of nitrogens with two attached hydrogens (primary N) is 1. The van der Waals surface area contributed by atoms with Crippen LogP contribution in [0.15, 0.2) is 36.4 Å². The molecule has 106 valence electrons. The minimum absolute atomic E-state index is 0.144. The molecule has 0 heterocycles. The smallest absolute Gasteiger partial charge is 0.326 e. The van der Waals surface area contributed by atoms with E-state index in [0.717, 1.165) is 12.1 Å². The molecule has 20 heavy (non-hydrogen) atoms. The Bertz CT molecular complexity index is 638. The van der Waals surface area contributed by atoms with E-state index < -0.39 is 17.6 Å². The van der Waals surface area contributed by atoms with Gasteiger partial charge >= 0.3 is 6.18 Å². The molecule has 2 N–H and O–H groups in total. The Morgan fingerprint density at radius 1 is 1.05 bits per heavy atom. The van der Waals surface area contributed by atoms with E-state index in [2.05, 4.69) is 0 Å². The van der Waals surface area contributed by atoms with E-state index in [4.69, 9.17) is 17.3 Å². The van der Waals surface area contributed by atoms with Gasteiger partial charge < -0.3 is 5.73 Å². The molecule has 0 bridgehead atoms. The van der Waals surface area contributed by atoms with Gasteiger partial charge in [0.15, 0.2) is 0 Å². The van der Waals surface area contributed by atoms with Crippen LogP contribution in [-0.2, 0) is 12.7 Å². The van der Waals surface area contributed by atoms with E-state index in [1.54, 1.807) is 12.1 Å². The highest BCUT2D eigenvalue weighted by Gasteiger charge is 2.34. The molecule has 2 rings (SSSR count). The van der Waals surface area contributed by atoms with E-state index >= 15 is 0 Å². The Balaban J connectivity index is 2.62. The zero-order chi connectivity index (χ0) is 14.9.